The molecule has 1 aliphatic rings. The molecular weight excluding hydrogens is 453 g/mol. The SMILES string of the molecule is CCNC(=NCCCc1c[nH]c2ccccc12)N1CCN(C(C)=O)CC1.I. The topological polar surface area (TPSA) is 63.7 Å². The van der Waals surface area contributed by atoms with Crippen LogP contribution in [0, 0.1) is 0 Å². The van der Waals surface area contributed by atoms with Gasteiger partial charge in [-0.2, -0.15) is 0 Å². The number of piperazine rings is 1. The van der Waals surface area contributed by atoms with Crippen LogP contribution in [0.5, 0.6) is 0 Å². The lowest BCUT2D eigenvalue weighted by Crippen LogP contribution is -2.53. The number of guanidine groups is 1. The fourth-order valence-electron chi connectivity index (χ4n) is 3.45. The zero-order chi connectivity index (χ0) is 18.4. The highest BCUT2D eigenvalue weighted by Crippen LogP contribution is 2.18. The van der Waals surface area contributed by atoms with Crippen molar-refractivity contribution in [2.75, 3.05) is 39.3 Å². The number of hydrogen-bond donors (Lipinski definition) is 2. The predicted molar refractivity (Wildman–Crippen MR) is 122 cm³/mol. The summed E-state index contributed by atoms with van der Waals surface area (Å²) < 4.78 is 0. The van der Waals surface area contributed by atoms with Gasteiger partial charge in [0.1, 0.15) is 0 Å². The van der Waals surface area contributed by atoms with Crippen molar-refractivity contribution >= 4 is 46.7 Å². The van der Waals surface area contributed by atoms with Gasteiger partial charge in [0.2, 0.25) is 5.91 Å². The molecule has 0 atom stereocenters. The third-order valence-corrected chi connectivity index (χ3v) is 4.90. The highest BCUT2D eigenvalue weighted by Gasteiger charge is 2.20. The maximum absolute atomic E-state index is 11.5. The lowest BCUT2D eigenvalue weighted by Gasteiger charge is -2.36. The second-order valence-electron chi connectivity index (χ2n) is 6.69. The molecule has 1 fully saturated rings. The number of carbonyl (C=O) groups is 1. The summed E-state index contributed by atoms with van der Waals surface area (Å²) >= 11 is 0. The molecule has 3 rings (SSSR count). The lowest BCUT2D eigenvalue weighted by molar-refractivity contribution is -0.130. The Labute approximate surface area is 178 Å². The molecule has 2 aromatic rings. The van der Waals surface area contributed by atoms with Gasteiger partial charge >= 0.3 is 0 Å². The minimum Gasteiger partial charge on any atom is -0.361 e. The van der Waals surface area contributed by atoms with Gasteiger partial charge in [0.05, 0.1) is 0 Å². The molecule has 1 saturated heterocycles. The molecule has 0 radical (unpaired) electrons. The van der Waals surface area contributed by atoms with E-state index in [0.29, 0.717) is 0 Å². The summed E-state index contributed by atoms with van der Waals surface area (Å²) in [6.07, 6.45) is 4.15. The Morgan fingerprint density at radius 3 is 2.59 bits per heavy atom. The molecule has 2 heterocycles. The molecule has 6 nitrogen and oxygen atoms in total. The normalized spacial score (nSPS) is 15.0. The molecule has 1 aromatic heterocycles. The van der Waals surface area contributed by atoms with Gasteiger partial charge in [0.15, 0.2) is 5.96 Å². The summed E-state index contributed by atoms with van der Waals surface area (Å²) in [5.74, 6) is 1.12. The van der Waals surface area contributed by atoms with Crippen molar-refractivity contribution in [2.24, 2.45) is 4.99 Å². The van der Waals surface area contributed by atoms with E-state index in [2.05, 4.69) is 52.6 Å². The van der Waals surface area contributed by atoms with Crippen LogP contribution in [0.4, 0.5) is 0 Å². The second-order valence-corrected chi connectivity index (χ2v) is 6.69. The Morgan fingerprint density at radius 2 is 1.89 bits per heavy atom. The van der Waals surface area contributed by atoms with Gasteiger partial charge < -0.3 is 20.1 Å². The van der Waals surface area contributed by atoms with Crippen molar-refractivity contribution in [3.05, 3.63) is 36.0 Å². The van der Waals surface area contributed by atoms with Crippen LogP contribution in [0.15, 0.2) is 35.5 Å². The van der Waals surface area contributed by atoms with Crippen LogP contribution >= 0.6 is 24.0 Å². The smallest absolute Gasteiger partial charge is 0.219 e. The summed E-state index contributed by atoms with van der Waals surface area (Å²) in [5.41, 5.74) is 2.55. The number of rotatable bonds is 5. The monoisotopic (exact) mass is 483 g/mol. The number of halogens is 1. The standard InChI is InChI=1S/C20H29N5O.HI/c1-3-21-20(25-13-11-24(12-14-25)16(2)26)22-10-6-7-17-15-23-19-9-5-4-8-18(17)19;/h4-5,8-9,15,23H,3,6-7,10-14H2,1-2H3,(H,21,22);1H. The van der Waals surface area contributed by atoms with Crippen LogP contribution in [0.1, 0.15) is 25.8 Å². The maximum Gasteiger partial charge on any atom is 0.219 e. The Balaban J connectivity index is 0.00000261. The quantitative estimate of drug-likeness (QED) is 0.298. The lowest BCUT2D eigenvalue weighted by atomic mass is 10.1. The number of aromatic amines is 1. The van der Waals surface area contributed by atoms with Gasteiger partial charge in [-0.1, -0.05) is 18.2 Å². The molecule has 0 spiro atoms. The first kappa shape index (κ1) is 21.5. The van der Waals surface area contributed by atoms with E-state index in [1.165, 1.54) is 16.5 Å². The van der Waals surface area contributed by atoms with Gasteiger partial charge in [-0.15, -0.1) is 24.0 Å². The van der Waals surface area contributed by atoms with E-state index in [-0.39, 0.29) is 29.9 Å². The van der Waals surface area contributed by atoms with Crippen LogP contribution in [-0.4, -0.2) is 65.9 Å². The maximum atomic E-state index is 11.5. The molecule has 148 valence electrons. The van der Waals surface area contributed by atoms with Gasteiger partial charge in [-0.25, -0.2) is 0 Å². The highest BCUT2D eigenvalue weighted by molar-refractivity contribution is 14.0. The number of aryl methyl sites for hydroxylation is 1. The first-order chi connectivity index (χ1) is 12.7. The van der Waals surface area contributed by atoms with Crippen molar-refractivity contribution < 1.29 is 4.79 Å². The average molecular weight is 483 g/mol. The first-order valence-electron chi connectivity index (χ1n) is 9.52. The minimum atomic E-state index is 0. The average Bonchev–Trinajstić information content (AvgIpc) is 3.07. The van der Waals surface area contributed by atoms with Crippen molar-refractivity contribution in [3.63, 3.8) is 0 Å². The number of H-pyrrole nitrogens is 1. The van der Waals surface area contributed by atoms with Crippen LogP contribution in [0.2, 0.25) is 0 Å². The molecule has 1 aliphatic heterocycles. The number of carbonyl (C=O) groups excluding carboxylic acids is 1. The Morgan fingerprint density at radius 1 is 1.19 bits per heavy atom. The number of aromatic nitrogens is 1. The van der Waals surface area contributed by atoms with Crippen molar-refractivity contribution in [1.82, 2.24) is 20.1 Å². The van der Waals surface area contributed by atoms with E-state index in [4.69, 9.17) is 4.99 Å². The first-order valence-corrected chi connectivity index (χ1v) is 9.52. The van der Waals surface area contributed by atoms with E-state index in [1.54, 1.807) is 6.92 Å². The Hall–Kier alpha value is -1.77. The van der Waals surface area contributed by atoms with Crippen LogP contribution in [-0.2, 0) is 11.2 Å². The largest absolute Gasteiger partial charge is 0.361 e. The third-order valence-electron chi connectivity index (χ3n) is 4.90. The molecule has 0 aliphatic carbocycles. The number of benzene rings is 1. The van der Waals surface area contributed by atoms with Crippen molar-refractivity contribution in [1.29, 1.82) is 0 Å². The molecule has 0 unspecified atom stereocenters. The summed E-state index contributed by atoms with van der Waals surface area (Å²) in [6, 6.07) is 8.42. The van der Waals surface area contributed by atoms with E-state index in [0.717, 1.165) is 58.1 Å². The van der Waals surface area contributed by atoms with Gasteiger partial charge in [0, 0.05) is 63.3 Å². The summed E-state index contributed by atoms with van der Waals surface area (Å²) in [6.45, 7) is 8.61. The Kier molecular flexibility index (Phi) is 8.40. The van der Waals surface area contributed by atoms with E-state index in [9.17, 15) is 4.79 Å². The number of para-hydroxylation sites is 1. The van der Waals surface area contributed by atoms with Crippen LogP contribution in [0.25, 0.3) is 10.9 Å². The fraction of sp³-hybridized carbons (Fsp3) is 0.500. The number of fused-ring (bicyclic) bond motifs is 1. The molecule has 0 bridgehead atoms. The molecule has 0 saturated carbocycles. The van der Waals surface area contributed by atoms with Crippen molar-refractivity contribution in [2.45, 2.75) is 26.7 Å². The van der Waals surface area contributed by atoms with Crippen molar-refractivity contribution in [3.8, 4) is 0 Å². The predicted octanol–water partition coefficient (Wildman–Crippen LogP) is 2.85. The minimum absolute atomic E-state index is 0. The molecule has 1 amide bonds. The number of amides is 1. The van der Waals surface area contributed by atoms with Crippen LogP contribution < -0.4 is 5.32 Å². The number of hydrogen-bond acceptors (Lipinski definition) is 2. The summed E-state index contributed by atoms with van der Waals surface area (Å²) in [7, 11) is 0. The molecule has 7 heteroatoms. The molecular formula is C20H30IN5O. The number of nitrogens with zero attached hydrogens (tertiary/aromatic N) is 3. The number of nitrogens with one attached hydrogen (secondary N) is 2. The van der Waals surface area contributed by atoms with E-state index < -0.39 is 0 Å². The molecule has 27 heavy (non-hydrogen) atoms. The van der Waals surface area contributed by atoms with Crippen LogP contribution in [0.3, 0.4) is 0 Å². The Bertz CT molecular complexity index is 765. The highest BCUT2D eigenvalue weighted by atomic mass is 127. The zero-order valence-corrected chi connectivity index (χ0v) is 18.5. The zero-order valence-electron chi connectivity index (χ0n) is 16.2. The fourth-order valence-corrected chi connectivity index (χ4v) is 3.45. The van der Waals surface area contributed by atoms with Gasteiger partial charge in [0.25, 0.3) is 0 Å². The number of aliphatic imine (C=N–C) groups is 1. The molecule has 1 aromatic carbocycles. The summed E-state index contributed by atoms with van der Waals surface area (Å²) in [5, 5.41) is 4.70. The third kappa shape index (κ3) is 5.60. The van der Waals surface area contributed by atoms with E-state index in [1.807, 2.05) is 4.90 Å². The second kappa shape index (κ2) is 10.5. The summed E-state index contributed by atoms with van der Waals surface area (Å²) in [4.78, 5) is 23.8. The molecule has 2 N–H and O–H groups in total. The van der Waals surface area contributed by atoms with E-state index >= 15 is 0 Å². The van der Waals surface area contributed by atoms with Gasteiger partial charge in [-0.3, -0.25) is 9.79 Å². The van der Waals surface area contributed by atoms with Gasteiger partial charge in [-0.05, 0) is 31.4 Å².